The lowest BCUT2D eigenvalue weighted by Gasteiger charge is -2.37. The molecule has 2 aromatic carbocycles. The molecule has 4 rings (SSSR count). The summed E-state index contributed by atoms with van der Waals surface area (Å²) in [6.07, 6.45) is -0.251. The number of ether oxygens (including phenoxy) is 4. The summed E-state index contributed by atoms with van der Waals surface area (Å²) < 4.78 is 49.1. The number of amides is 1. The number of para-hydroxylation sites is 2. The van der Waals surface area contributed by atoms with E-state index >= 15 is 0 Å². The van der Waals surface area contributed by atoms with Crippen molar-refractivity contribution in [2.24, 2.45) is 5.92 Å². The van der Waals surface area contributed by atoms with Crippen LogP contribution < -0.4 is 19.1 Å². The maximum atomic E-state index is 13.5. The van der Waals surface area contributed by atoms with Gasteiger partial charge in [-0.2, -0.15) is 4.31 Å². The molecule has 1 fully saturated rings. The third-order valence-corrected chi connectivity index (χ3v) is 8.22. The van der Waals surface area contributed by atoms with Crippen molar-refractivity contribution in [3.05, 3.63) is 42.5 Å². The van der Waals surface area contributed by atoms with Gasteiger partial charge in [-0.15, -0.1) is 0 Å². The Bertz CT molecular complexity index is 1210. The molecule has 2 aromatic rings. The maximum absolute atomic E-state index is 13.5. The van der Waals surface area contributed by atoms with Crippen molar-refractivity contribution in [2.75, 3.05) is 45.9 Å². The average molecular weight is 505 g/mol. The van der Waals surface area contributed by atoms with Crippen LogP contribution in [0.2, 0.25) is 0 Å². The first-order chi connectivity index (χ1) is 16.8. The van der Waals surface area contributed by atoms with Crippen molar-refractivity contribution in [3.63, 3.8) is 0 Å². The summed E-state index contributed by atoms with van der Waals surface area (Å²) in [6.45, 7) is 0.374. The Balaban J connectivity index is 1.51. The lowest BCUT2D eigenvalue weighted by Crippen LogP contribution is -2.51. The summed E-state index contributed by atoms with van der Waals surface area (Å²) in [6, 6.07) is 11.6. The van der Waals surface area contributed by atoms with E-state index in [0.29, 0.717) is 30.0 Å². The summed E-state index contributed by atoms with van der Waals surface area (Å²) >= 11 is 0. The number of rotatable bonds is 6. The van der Waals surface area contributed by atoms with Gasteiger partial charge in [-0.3, -0.25) is 4.79 Å². The minimum atomic E-state index is -3.86. The monoisotopic (exact) mass is 504 g/mol. The molecule has 0 saturated carbocycles. The molecular weight excluding hydrogens is 476 g/mol. The molecule has 10 nitrogen and oxygen atoms in total. The zero-order valence-corrected chi connectivity index (χ0v) is 20.6. The van der Waals surface area contributed by atoms with Crippen LogP contribution in [0.1, 0.15) is 12.8 Å². The summed E-state index contributed by atoms with van der Waals surface area (Å²) in [7, 11) is 0.281. The zero-order chi connectivity index (χ0) is 25.2. The Morgan fingerprint density at radius 3 is 2.37 bits per heavy atom. The van der Waals surface area contributed by atoms with Gasteiger partial charge in [0.2, 0.25) is 22.0 Å². The van der Waals surface area contributed by atoms with Crippen LogP contribution in [0, 0.1) is 5.92 Å². The van der Waals surface area contributed by atoms with Crippen molar-refractivity contribution in [3.8, 4) is 17.2 Å². The fourth-order valence-corrected chi connectivity index (χ4v) is 6.03. The lowest BCUT2D eigenvalue weighted by atomic mass is 9.95. The quantitative estimate of drug-likeness (QED) is 0.550. The summed E-state index contributed by atoms with van der Waals surface area (Å²) in [5.41, 5.74) is 0.578. The largest absolute Gasteiger partial charge is 0.497 e. The van der Waals surface area contributed by atoms with Gasteiger partial charge < -0.3 is 23.8 Å². The molecule has 11 heteroatoms. The molecule has 1 saturated heterocycles. The highest BCUT2D eigenvalue weighted by molar-refractivity contribution is 7.89. The predicted octanol–water partition coefficient (Wildman–Crippen LogP) is 2.07. The van der Waals surface area contributed by atoms with Gasteiger partial charge >= 0.3 is 5.97 Å². The van der Waals surface area contributed by atoms with Crippen molar-refractivity contribution >= 4 is 27.6 Å². The van der Waals surface area contributed by atoms with Crippen molar-refractivity contribution in [1.82, 2.24) is 4.31 Å². The Kier molecular flexibility index (Phi) is 7.18. The van der Waals surface area contributed by atoms with Crippen LogP contribution in [-0.2, 0) is 24.3 Å². The molecule has 0 aliphatic carbocycles. The van der Waals surface area contributed by atoms with Gasteiger partial charge in [0, 0.05) is 25.1 Å². The van der Waals surface area contributed by atoms with Crippen LogP contribution in [0.5, 0.6) is 17.2 Å². The second-order valence-electron chi connectivity index (χ2n) is 8.24. The molecule has 1 amide bonds. The number of nitrogens with zero attached hydrogens (tertiary/aromatic N) is 2. The lowest BCUT2D eigenvalue weighted by molar-refractivity contribution is -0.148. The van der Waals surface area contributed by atoms with Crippen molar-refractivity contribution < 1.29 is 37.0 Å². The second kappa shape index (κ2) is 10.1. The normalized spacial score (nSPS) is 18.8. The molecule has 0 spiro atoms. The number of methoxy groups -OCH3 is 3. The number of fused-ring (bicyclic) bond motifs is 1. The molecular formula is C24H28N2O8S. The van der Waals surface area contributed by atoms with Gasteiger partial charge in [0.05, 0.1) is 33.6 Å². The van der Waals surface area contributed by atoms with Crippen molar-refractivity contribution in [2.45, 2.75) is 23.8 Å². The SMILES string of the molecule is COC(=O)[C@@H]1CN(C(=O)C2CCN(S(=O)(=O)c3cc(OC)ccc3OC)CC2)c2ccccc2O1. The Hall–Kier alpha value is -3.31. The number of anilines is 1. The van der Waals surface area contributed by atoms with Crippen molar-refractivity contribution in [1.29, 1.82) is 0 Å². The second-order valence-corrected chi connectivity index (χ2v) is 10.1. The van der Waals surface area contributed by atoms with Gasteiger partial charge in [0.1, 0.15) is 22.1 Å². The molecule has 0 radical (unpaired) electrons. The number of benzene rings is 2. The van der Waals surface area contributed by atoms with Gasteiger partial charge in [-0.25, -0.2) is 13.2 Å². The number of carbonyl (C=O) groups excluding carboxylic acids is 2. The molecule has 2 heterocycles. The Morgan fingerprint density at radius 1 is 1.00 bits per heavy atom. The molecule has 1 atom stereocenters. The number of sulfonamides is 1. The third-order valence-electron chi connectivity index (χ3n) is 6.30. The summed E-state index contributed by atoms with van der Waals surface area (Å²) in [4.78, 5) is 27.2. The Morgan fingerprint density at radius 2 is 1.71 bits per heavy atom. The molecule has 0 N–H and O–H groups in total. The smallest absolute Gasteiger partial charge is 0.348 e. The maximum Gasteiger partial charge on any atom is 0.348 e. The highest BCUT2D eigenvalue weighted by Gasteiger charge is 2.39. The molecule has 0 unspecified atom stereocenters. The van der Waals surface area contributed by atoms with Crippen LogP contribution in [0.15, 0.2) is 47.4 Å². The standard InChI is InChI=1S/C24H28N2O8S/c1-31-17-8-9-20(32-2)22(14-17)35(29,30)25-12-10-16(11-13-25)23(27)26-15-21(24(28)33-3)34-19-7-5-4-6-18(19)26/h4-9,14,16,21H,10-13,15H2,1-3H3/t21-/m0/s1. The van der Waals surface area contributed by atoms with Gasteiger partial charge in [-0.05, 0) is 37.1 Å². The van der Waals surface area contributed by atoms with E-state index in [4.69, 9.17) is 18.9 Å². The van der Waals surface area contributed by atoms with E-state index in [1.165, 1.54) is 31.7 Å². The molecule has 35 heavy (non-hydrogen) atoms. The van der Waals surface area contributed by atoms with Gasteiger partial charge in [0.25, 0.3) is 0 Å². The van der Waals surface area contributed by atoms with Crippen LogP contribution >= 0.6 is 0 Å². The van der Waals surface area contributed by atoms with E-state index < -0.39 is 28.0 Å². The van der Waals surface area contributed by atoms with E-state index in [1.807, 2.05) is 0 Å². The number of hydrogen-bond donors (Lipinski definition) is 0. The number of piperidine rings is 1. The number of carbonyl (C=O) groups is 2. The third kappa shape index (κ3) is 4.78. The molecule has 2 aliphatic rings. The Labute approximate surface area is 204 Å². The molecule has 2 aliphatic heterocycles. The zero-order valence-electron chi connectivity index (χ0n) is 19.8. The summed E-state index contributed by atoms with van der Waals surface area (Å²) in [5, 5.41) is 0. The fourth-order valence-electron chi connectivity index (χ4n) is 4.39. The topological polar surface area (TPSA) is 112 Å². The van der Waals surface area contributed by atoms with E-state index in [-0.39, 0.29) is 36.2 Å². The van der Waals surface area contributed by atoms with Crippen LogP contribution in [0.25, 0.3) is 0 Å². The van der Waals surface area contributed by atoms with E-state index in [2.05, 4.69) is 0 Å². The van der Waals surface area contributed by atoms with Crippen LogP contribution in [0.4, 0.5) is 5.69 Å². The molecule has 0 aromatic heterocycles. The molecule has 0 bridgehead atoms. The minimum absolute atomic E-state index is 0.0205. The average Bonchev–Trinajstić information content (AvgIpc) is 2.91. The van der Waals surface area contributed by atoms with E-state index in [0.717, 1.165) is 0 Å². The van der Waals surface area contributed by atoms with Crippen LogP contribution in [0.3, 0.4) is 0 Å². The first-order valence-corrected chi connectivity index (χ1v) is 12.6. The highest BCUT2D eigenvalue weighted by atomic mass is 32.2. The fraction of sp³-hybridized carbons (Fsp3) is 0.417. The van der Waals surface area contributed by atoms with E-state index in [1.54, 1.807) is 41.3 Å². The first kappa shape index (κ1) is 24.8. The van der Waals surface area contributed by atoms with Gasteiger partial charge in [0.15, 0.2) is 0 Å². The predicted molar refractivity (Wildman–Crippen MR) is 126 cm³/mol. The number of esters is 1. The van der Waals surface area contributed by atoms with Gasteiger partial charge in [-0.1, -0.05) is 12.1 Å². The summed E-state index contributed by atoms with van der Waals surface area (Å²) in [5.74, 6) is -0.0924. The molecule has 188 valence electrons. The first-order valence-electron chi connectivity index (χ1n) is 11.2. The van der Waals surface area contributed by atoms with Crippen LogP contribution in [-0.4, -0.2) is 71.7 Å². The minimum Gasteiger partial charge on any atom is -0.497 e. The highest BCUT2D eigenvalue weighted by Crippen LogP contribution is 2.37. The van der Waals surface area contributed by atoms with E-state index in [9.17, 15) is 18.0 Å². The number of hydrogen-bond acceptors (Lipinski definition) is 8.